The Hall–Kier alpha value is -0.643. The summed E-state index contributed by atoms with van der Waals surface area (Å²) in [4.78, 5) is 23.2. The first-order valence-corrected chi connectivity index (χ1v) is 8.06. The molecule has 0 radical (unpaired) electrons. The molecule has 1 fully saturated rings. The van der Waals surface area contributed by atoms with Gasteiger partial charge in [0.15, 0.2) is 5.78 Å². The first-order chi connectivity index (χ1) is 6.18. The molecule has 0 unspecified atom stereocenters. The van der Waals surface area contributed by atoms with Gasteiger partial charge in [-0.3, -0.25) is 9.59 Å². The summed E-state index contributed by atoms with van der Waals surface area (Å²) in [5, 5.41) is 2.72. The fraction of sp³-hybridized carbons (Fsp3) is 0.800. The molecule has 1 atom stereocenters. The van der Waals surface area contributed by atoms with Crippen LogP contribution in [0.5, 0.6) is 0 Å². The van der Waals surface area contributed by atoms with Gasteiger partial charge in [-0.2, -0.15) is 0 Å². The molecule has 0 bridgehead atoms. The minimum absolute atomic E-state index is 0.0541. The van der Waals surface area contributed by atoms with E-state index in [-0.39, 0.29) is 28.8 Å². The van der Waals surface area contributed by atoms with Crippen molar-refractivity contribution in [3.05, 3.63) is 0 Å². The van der Waals surface area contributed by atoms with Crippen LogP contribution in [0.3, 0.4) is 0 Å². The lowest BCUT2D eigenvalue weighted by molar-refractivity contribution is -0.122. The molecule has 0 saturated carbocycles. The maximum Gasteiger partial charge on any atom is 0.228 e. The number of Topliss-reactive ketones (excluding diaryl/α,β-unsaturated/α-hetero) is 1. The highest BCUT2D eigenvalue weighted by molar-refractivity contribution is 6.87. The third-order valence-corrected chi connectivity index (χ3v) is 9.57. The van der Waals surface area contributed by atoms with Gasteiger partial charge >= 0.3 is 0 Å². The third kappa shape index (κ3) is 1.63. The number of amides is 1. The third-order valence-electron chi connectivity index (χ3n) is 3.68. The molecule has 1 aliphatic heterocycles. The molecule has 1 N–H and O–H groups in total. The van der Waals surface area contributed by atoms with Gasteiger partial charge in [0, 0.05) is 0 Å². The SMILES string of the molecule is CC(C)(C)[Si](C)(C)[C@H]1C(=O)CNC1=O. The average molecular weight is 213 g/mol. The number of hydrogen-bond acceptors (Lipinski definition) is 2. The van der Waals surface area contributed by atoms with Crippen molar-refractivity contribution in [2.75, 3.05) is 6.54 Å². The summed E-state index contributed by atoms with van der Waals surface area (Å²) >= 11 is 0. The van der Waals surface area contributed by atoms with Gasteiger partial charge in [-0.1, -0.05) is 33.9 Å². The number of nitrogens with one attached hydrogen (secondary N) is 1. The summed E-state index contributed by atoms with van der Waals surface area (Å²) in [7, 11) is -1.86. The van der Waals surface area contributed by atoms with Crippen LogP contribution in [0.1, 0.15) is 20.8 Å². The number of rotatable bonds is 1. The predicted octanol–water partition coefficient (Wildman–Crippen LogP) is 1.56. The second-order valence-corrected chi connectivity index (χ2v) is 11.1. The van der Waals surface area contributed by atoms with Crippen molar-refractivity contribution in [3.63, 3.8) is 0 Å². The summed E-state index contributed by atoms with van der Waals surface area (Å²) in [6.45, 7) is 10.9. The lowest BCUT2D eigenvalue weighted by Crippen LogP contribution is -2.47. The Morgan fingerprint density at radius 3 is 2.07 bits per heavy atom. The van der Waals surface area contributed by atoms with E-state index in [0.29, 0.717) is 0 Å². The Kier molecular flexibility index (Phi) is 2.60. The van der Waals surface area contributed by atoms with Gasteiger partial charge in [0.05, 0.1) is 20.2 Å². The molecule has 0 spiro atoms. The van der Waals surface area contributed by atoms with E-state index in [9.17, 15) is 9.59 Å². The fourth-order valence-electron chi connectivity index (χ4n) is 1.69. The van der Waals surface area contributed by atoms with E-state index < -0.39 is 8.07 Å². The summed E-state index contributed by atoms with van der Waals surface area (Å²) < 4.78 is 0. The quantitative estimate of drug-likeness (QED) is 0.531. The minimum atomic E-state index is -1.86. The second-order valence-electron chi connectivity index (χ2n) is 5.59. The Balaban J connectivity index is 3.03. The molecule has 80 valence electrons. The van der Waals surface area contributed by atoms with Crippen LogP contribution in [0.4, 0.5) is 0 Å². The van der Waals surface area contributed by atoms with Crippen molar-refractivity contribution >= 4 is 19.8 Å². The first-order valence-electron chi connectivity index (χ1n) is 4.98. The van der Waals surface area contributed by atoms with E-state index in [2.05, 4.69) is 39.2 Å². The molecule has 1 saturated heterocycles. The van der Waals surface area contributed by atoms with E-state index >= 15 is 0 Å². The zero-order chi connectivity index (χ0) is 11.1. The van der Waals surface area contributed by atoms with Crippen molar-refractivity contribution in [1.29, 1.82) is 0 Å². The van der Waals surface area contributed by atoms with Crippen molar-refractivity contribution in [2.24, 2.45) is 0 Å². The first kappa shape index (κ1) is 11.4. The Labute approximate surface area is 86.3 Å². The average Bonchev–Trinajstić information content (AvgIpc) is 2.28. The fourth-order valence-corrected chi connectivity index (χ4v) is 4.22. The molecule has 1 aliphatic rings. The lowest BCUT2D eigenvalue weighted by atomic mass is 10.2. The summed E-state index contributed by atoms with van der Waals surface area (Å²) in [6, 6.07) is 0. The van der Waals surface area contributed by atoms with Gasteiger partial charge in [-0.15, -0.1) is 0 Å². The summed E-state index contributed by atoms with van der Waals surface area (Å²) in [6.07, 6.45) is 0. The van der Waals surface area contributed by atoms with E-state index in [1.807, 2.05) is 0 Å². The van der Waals surface area contributed by atoms with Crippen LogP contribution in [-0.2, 0) is 9.59 Å². The zero-order valence-corrected chi connectivity index (χ0v) is 10.6. The van der Waals surface area contributed by atoms with Gasteiger partial charge in [0.25, 0.3) is 0 Å². The summed E-state index contributed by atoms with van der Waals surface area (Å²) in [5.41, 5.74) is -0.345. The van der Waals surface area contributed by atoms with Crippen LogP contribution < -0.4 is 5.32 Å². The monoisotopic (exact) mass is 213 g/mol. The molecule has 14 heavy (non-hydrogen) atoms. The van der Waals surface area contributed by atoms with Crippen LogP contribution in [0.25, 0.3) is 0 Å². The second kappa shape index (κ2) is 3.19. The Morgan fingerprint density at radius 2 is 1.79 bits per heavy atom. The van der Waals surface area contributed by atoms with E-state index in [0.717, 1.165) is 0 Å². The molecule has 1 amide bonds. The largest absolute Gasteiger partial charge is 0.349 e. The van der Waals surface area contributed by atoms with Crippen LogP contribution >= 0.6 is 0 Å². The molecule has 0 aromatic heterocycles. The Bertz CT molecular complexity index is 262. The zero-order valence-electron chi connectivity index (χ0n) is 9.60. The molecule has 0 aliphatic carbocycles. The number of ketones is 1. The maximum absolute atomic E-state index is 11.6. The number of carbonyl (C=O) groups excluding carboxylic acids is 2. The van der Waals surface area contributed by atoms with Crippen molar-refractivity contribution in [1.82, 2.24) is 5.32 Å². The van der Waals surface area contributed by atoms with Gasteiger partial charge in [-0.05, 0) is 5.04 Å². The van der Waals surface area contributed by atoms with E-state index in [1.54, 1.807) is 0 Å². The van der Waals surface area contributed by atoms with Crippen LogP contribution in [0.2, 0.25) is 23.7 Å². The maximum atomic E-state index is 11.6. The summed E-state index contributed by atoms with van der Waals surface area (Å²) in [5.74, 6) is 0.0307. The normalized spacial score (nSPS) is 23.9. The van der Waals surface area contributed by atoms with Crippen LogP contribution in [0.15, 0.2) is 0 Å². The molecule has 1 heterocycles. The topological polar surface area (TPSA) is 46.2 Å². The predicted molar refractivity (Wildman–Crippen MR) is 59.0 cm³/mol. The standard InChI is InChI=1S/C10H19NO2Si/c1-10(2,3)14(4,5)8-7(12)6-11-9(8)13/h8H,6H2,1-5H3,(H,11,13)/t8-/m0/s1. The van der Waals surface area contributed by atoms with Crippen LogP contribution in [-0.4, -0.2) is 26.3 Å². The van der Waals surface area contributed by atoms with Crippen molar-refractivity contribution in [2.45, 2.75) is 44.4 Å². The van der Waals surface area contributed by atoms with E-state index in [1.165, 1.54) is 0 Å². The van der Waals surface area contributed by atoms with Gasteiger partial charge < -0.3 is 5.32 Å². The van der Waals surface area contributed by atoms with Gasteiger partial charge in [0.2, 0.25) is 5.91 Å². The molecule has 0 aromatic carbocycles. The molecule has 4 heteroatoms. The minimum Gasteiger partial charge on any atom is -0.349 e. The van der Waals surface area contributed by atoms with Gasteiger partial charge in [0.1, 0.15) is 0 Å². The van der Waals surface area contributed by atoms with Crippen LogP contribution in [0, 0.1) is 0 Å². The van der Waals surface area contributed by atoms with E-state index in [4.69, 9.17) is 0 Å². The highest BCUT2D eigenvalue weighted by Gasteiger charge is 2.51. The molecule has 1 rings (SSSR count). The smallest absolute Gasteiger partial charge is 0.228 e. The van der Waals surface area contributed by atoms with Crippen molar-refractivity contribution < 1.29 is 9.59 Å². The van der Waals surface area contributed by atoms with Gasteiger partial charge in [-0.25, -0.2) is 0 Å². The molecule has 0 aromatic rings. The highest BCUT2D eigenvalue weighted by atomic mass is 28.3. The molecular formula is C10H19NO2Si. The number of hydrogen-bond donors (Lipinski definition) is 1. The lowest BCUT2D eigenvalue weighted by Gasteiger charge is -2.39. The molecular weight excluding hydrogens is 194 g/mol. The highest BCUT2D eigenvalue weighted by Crippen LogP contribution is 2.44. The van der Waals surface area contributed by atoms with Crippen molar-refractivity contribution in [3.8, 4) is 0 Å². The Morgan fingerprint density at radius 1 is 1.29 bits per heavy atom. The number of carbonyl (C=O) groups is 2. The molecule has 3 nitrogen and oxygen atoms in total.